The Morgan fingerprint density at radius 2 is 2.00 bits per heavy atom. The van der Waals surface area contributed by atoms with Gasteiger partial charge in [-0.3, -0.25) is 0 Å². The number of rotatable bonds is 12. The molecule has 25 heavy (non-hydrogen) atoms. The average molecular weight is 355 g/mol. The van der Waals surface area contributed by atoms with E-state index in [0.29, 0.717) is 11.8 Å². The first-order valence-corrected chi connectivity index (χ1v) is 9.44. The van der Waals surface area contributed by atoms with Crippen LogP contribution in [0.3, 0.4) is 0 Å². The van der Waals surface area contributed by atoms with Gasteiger partial charge < -0.3 is 20.4 Å². The molecule has 3 atom stereocenters. The van der Waals surface area contributed by atoms with E-state index in [1.54, 1.807) is 6.08 Å². The van der Waals surface area contributed by atoms with Crippen molar-refractivity contribution in [2.75, 3.05) is 0 Å². The van der Waals surface area contributed by atoms with E-state index >= 15 is 0 Å². The number of hydrogen-bond acceptors (Lipinski definition) is 4. The molecule has 0 radical (unpaired) electrons. The van der Waals surface area contributed by atoms with Gasteiger partial charge in [-0.15, -0.1) is 0 Å². The summed E-state index contributed by atoms with van der Waals surface area (Å²) in [6.45, 7) is 2.21. The summed E-state index contributed by atoms with van der Waals surface area (Å²) in [4.78, 5) is 10.7. The molecule has 1 aliphatic carbocycles. The summed E-state index contributed by atoms with van der Waals surface area (Å²) in [5.74, 6) is -4.49. The molecule has 1 saturated carbocycles. The van der Waals surface area contributed by atoms with Crippen LogP contribution < -0.4 is 0 Å². The number of carboxylic acids is 1. The van der Waals surface area contributed by atoms with E-state index < -0.39 is 24.3 Å². The summed E-state index contributed by atoms with van der Waals surface area (Å²) in [5, 5.41) is 37.0. The molecule has 4 N–H and O–H groups in total. The predicted octanol–water partition coefficient (Wildman–Crippen LogP) is 3.39. The lowest BCUT2D eigenvalue weighted by Gasteiger charge is -2.21. The highest BCUT2D eigenvalue weighted by Gasteiger charge is 2.40. The molecular formula is C20H34O5. The molecule has 5 heteroatoms. The topological polar surface area (TPSA) is 98.0 Å². The van der Waals surface area contributed by atoms with E-state index in [-0.39, 0.29) is 0 Å². The number of aliphatic carboxylic acids is 1. The zero-order valence-electron chi connectivity index (χ0n) is 16.2. The average Bonchev–Trinajstić information content (AvgIpc) is 3.02. The molecular weight excluding hydrogens is 320 g/mol. The van der Waals surface area contributed by atoms with E-state index in [9.17, 15) is 20.1 Å². The summed E-state index contributed by atoms with van der Waals surface area (Å²) in [6.07, 6.45) is 14.9. The number of hydrogen-bond donors (Lipinski definition) is 4. The lowest BCUT2D eigenvalue weighted by atomic mass is 9.91. The Balaban J connectivity index is 2.42. The standard InChI is InChI=1S/C20H34O5/c1-2-3-4-5-6-7-11-16-13-10-14-17(16)12-8-9-15-18(21)20(24,25)19(22)23/h7-9,11,16-18,21,24-25H,2-6,10,12-15H2,1H3,(H,22,23)/b9-8-,11-7+/t16-,17-,18?/m0/s1/i18D. The van der Waals surface area contributed by atoms with Gasteiger partial charge >= 0.3 is 5.97 Å². The highest BCUT2D eigenvalue weighted by atomic mass is 16.6. The Hall–Kier alpha value is -1.17. The van der Waals surface area contributed by atoms with Crippen molar-refractivity contribution in [1.82, 2.24) is 0 Å². The molecule has 0 amide bonds. The minimum Gasteiger partial charge on any atom is -0.477 e. The fourth-order valence-electron chi connectivity index (χ4n) is 3.30. The molecule has 0 aromatic rings. The second-order valence-corrected chi connectivity index (χ2v) is 6.97. The van der Waals surface area contributed by atoms with Crippen molar-refractivity contribution in [2.45, 2.75) is 83.0 Å². The van der Waals surface area contributed by atoms with Gasteiger partial charge in [0, 0.05) is 0 Å². The van der Waals surface area contributed by atoms with E-state index in [4.69, 9.17) is 6.48 Å². The van der Waals surface area contributed by atoms with Gasteiger partial charge in [0.1, 0.15) is 6.08 Å². The van der Waals surface area contributed by atoms with Crippen molar-refractivity contribution in [1.29, 1.82) is 0 Å². The fraction of sp³-hybridized carbons (Fsp3) is 0.750. The smallest absolute Gasteiger partial charge is 0.366 e. The molecule has 144 valence electrons. The van der Waals surface area contributed by atoms with Crippen molar-refractivity contribution < 1.29 is 26.6 Å². The number of unbranched alkanes of at least 4 members (excludes halogenated alkanes) is 4. The molecule has 1 rings (SSSR count). The van der Waals surface area contributed by atoms with Crippen molar-refractivity contribution >= 4 is 5.97 Å². The van der Waals surface area contributed by atoms with Crippen LogP contribution in [0.15, 0.2) is 24.3 Å². The quantitative estimate of drug-likeness (QED) is 0.244. The van der Waals surface area contributed by atoms with Crippen LogP contribution in [0.2, 0.25) is 0 Å². The lowest BCUT2D eigenvalue weighted by Crippen LogP contribution is -2.49. The summed E-state index contributed by atoms with van der Waals surface area (Å²) >= 11 is 0. The zero-order valence-corrected chi connectivity index (χ0v) is 15.2. The van der Waals surface area contributed by atoms with Gasteiger partial charge in [0.25, 0.3) is 5.79 Å². The highest BCUT2D eigenvalue weighted by molar-refractivity contribution is 5.75. The molecule has 0 aliphatic heterocycles. The maximum absolute atomic E-state index is 10.7. The van der Waals surface area contributed by atoms with Gasteiger partial charge in [-0.1, -0.05) is 56.9 Å². The van der Waals surface area contributed by atoms with Crippen LogP contribution in [-0.4, -0.2) is 38.3 Å². The van der Waals surface area contributed by atoms with Gasteiger partial charge in [0.2, 0.25) is 0 Å². The fourth-order valence-corrected chi connectivity index (χ4v) is 3.30. The van der Waals surface area contributed by atoms with Gasteiger partial charge in [-0.25, -0.2) is 4.79 Å². The third kappa shape index (κ3) is 7.72. The van der Waals surface area contributed by atoms with Crippen LogP contribution in [0.4, 0.5) is 0 Å². The van der Waals surface area contributed by atoms with E-state index in [2.05, 4.69) is 19.1 Å². The van der Waals surface area contributed by atoms with E-state index in [1.165, 1.54) is 44.6 Å². The van der Waals surface area contributed by atoms with Crippen LogP contribution >= 0.6 is 0 Å². The predicted molar refractivity (Wildman–Crippen MR) is 97.9 cm³/mol. The van der Waals surface area contributed by atoms with E-state index in [0.717, 1.165) is 19.3 Å². The summed E-state index contributed by atoms with van der Waals surface area (Å²) in [5.41, 5.74) is 0. The highest BCUT2D eigenvalue weighted by Crippen LogP contribution is 2.35. The summed E-state index contributed by atoms with van der Waals surface area (Å²) in [6, 6.07) is 0. The second kappa shape index (κ2) is 11.4. The molecule has 0 spiro atoms. The van der Waals surface area contributed by atoms with Crippen LogP contribution in [0, 0.1) is 11.8 Å². The maximum Gasteiger partial charge on any atom is 0.366 e. The Kier molecular flexibility index (Phi) is 9.22. The normalized spacial score (nSPS) is 24.7. The van der Waals surface area contributed by atoms with Crippen LogP contribution in [0.1, 0.15) is 72.5 Å². The van der Waals surface area contributed by atoms with Crippen molar-refractivity contribution in [3.63, 3.8) is 0 Å². The monoisotopic (exact) mass is 355 g/mol. The number of allylic oxidation sites excluding steroid dienone is 3. The molecule has 1 aliphatic rings. The van der Waals surface area contributed by atoms with Gasteiger partial charge in [-0.05, 0) is 50.4 Å². The lowest BCUT2D eigenvalue weighted by molar-refractivity contribution is -0.235. The van der Waals surface area contributed by atoms with Crippen LogP contribution in [-0.2, 0) is 4.79 Å². The molecule has 0 bridgehead atoms. The number of carboxylic acid groups (broad SMARTS) is 1. The Bertz CT molecular complexity index is 485. The minimum absolute atomic E-state index is 0.461. The zero-order chi connectivity index (χ0) is 19.6. The molecule has 5 nitrogen and oxygen atoms in total. The summed E-state index contributed by atoms with van der Waals surface area (Å²) < 4.78 is 7.46. The molecule has 0 aromatic carbocycles. The van der Waals surface area contributed by atoms with Crippen molar-refractivity contribution in [2.24, 2.45) is 11.8 Å². The van der Waals surface area contributed by atoms with Crippen LogP contribution in [0.5, 0.6) is 0 Å². The first kappa shape index (κ1) is 20.1. The second-order valence-electron chi connectivity index (χ2n) is 6.97. The molecule has 1 unspecified atom stereocenters. The van der Waals surface area contributed by atoms with E-state index in [1.807, 2.05) is 0 Å². The Morgan fingerprint density at radius 3 is 2.68 bits per heavy atom. The molecule has 0 aromatic heterocycles. The number of aliphatic hydroxyl groups is 3. The molecule has 0 heterocycles. The van der Waals surface area contributed by atoms with Gasteiger partial charge in [0.15, 0.2) is 0 Å². The third-order valence-corrected chi connectivity index (χ3v) is 4.94. The maximum atomic E-state index is 10.7. The van der Waals surface area contributed by atoms with Gasteiger partial charge in [0.05, 0.1) is 1.37 Å². The van der Waals surface area contributed by atoms with Crippen LogP contribution in [0.25, 0.3) is 0 Å². The SMILES string of the molecule is [2H]C(O)(C/C=C\C[C@H]1CCC[C@@H]1/C=C/CCCCCC)C(O)(O)C(=O)O. The van der Waals surface area contributed by atoms with Gasteiger partial charge in [-0.2, -0.15) is 0 Å². The summed E-state index contributed by atoms with van der Waals surface area (Å²) in [7, 11) is 0. The minimum atomic E-state index is -3.49. The largest absolute Gasteiger partial charge is 0.477 e. The Labute approximate surface area is 152 Å². The Morgan fingerprint density at radius 1 is 1.24 bits per heavy atom. The van der Waals surface area contributed by atoms with Crippen molar-refractivity contribution in [3.8, 4) is 0 Å². The first-order valence-electron chi connectivity index (χ1n) is 9.94. The molecule has 0 saturated heterocycles. The number of carbonyl (C=O) groups is 1. The molecule has 1 fully saturated rings. The van der Waals surface area contributed by atoms with Crippen molar-refractivity contribution in [3.05, 3.63) is 24.3 Å². The third-order valence-electron chi connectivity index (χ3n) is 4.94. The first-order chi connectivity index (χ1) is 12.2.